The fourth-order valence-electron chi connectivity index (χ4n) is 4.42. The van der Waals surface area contributed by atoms with E-state index < -0.39 is 0 Å². The standard InChI is InChI=1S/C22H26N2O2/c1-15(2)26-20-10-9-19(23-16(20)3)21(25)24-12-11-22(13-18(24)14-22)17-7-5-4-6-8-17/h4-10,15,18H,11-14H2,1-3H3. The Morgan fingerprint density at radius 2 is 1.92 bits per heavy atom. The molecule has 0 unspecified atom stereocenters. The summed E-state index contributed by atoms with van der Waals surface area (Å²) < 4.78 is 5.73. The molecule has 2 saturated heterocycles. The maximum atomic E-state index is 13.0. The number of ether oxygens (including phenoxy) is 1. The monoisotopic (exact) mass is 350 g/mol. The number of fused-ring (bicyclic) bond motifs is 2. The molecule has 4 nitrogen and oxygen atoms in total. The average molecular weight is 350 g/mol. The first-order chi connectivity index (χ1) is 12.5. The topological polar surface area (TPSA) is 42.4 Å². The molecule has 3 fully saturated rings. The lowest BCUT2D eigenvalue weighted by Crippen LogP contribution is -2.61. The van der Waals surface area contributed by atoms with E-state index in [-0.39, 0.29) is 17.4 Å². The van der Waals surface area contributed by atoms with Crippen molar-refractivity contribution in [2.75, 3.05) is 6.54 Å². The SMILES string of the molecule is Cc1nc(C(=O)N2CCC3(c4ccccc4)CC2C3)ccc1OC(C)C. The fourth-order valence-corrected chi connectivity index (χ4v) is 4.42. The number of carbonyl (C=O) groups excluding carboxylic acids is 1. The van der Waals surface area contributed by atoms with Crippen molar-refractivity contribution in [2.45, 2.75) is 57.6 Å². The normalized spacial score (nSPS) is 24.3. The Hall–Kier alpha value is -2.36. The predicted molar refractivity (Wildman–Crippen MR) is 102 cm³/mol. The maximum Gasteiger partial charge on any atom is 0.272 e. The van der Waals surface area contributed by atoms with Gasteiger partial charge in [-0.1, -0.05) is 30.3 Å². The van der Waals surface area contributed by atoms with Gasteiger partial charge in [0.15, 0.2) is 0 Å². The van der Waals surface area contributed by atoms with E-state index in [9.17, 15) is 4.79 Å². The van der Waals surface area contributed by atoms with Crippen LogP contribution in [0.1, 0.15) is 54.9 Å². The molecule has 0 atom stereocenters. The van der Waals surface area contributed by atoms with E-state index in [0.717, 1.165) is 37.3 Å². The zero-order chi connectivity index (χ0) is 18.3. The van der Waals surface area contributed by atoms with Crippen molar-refractivity contribution in [1.29, 1.82) is 0 Å². The van der Waals surface area contributed by atoms with Gasteiger partial charge in [0.25, 0.3) is 5.91 Å². The molecule has 2 bridgehead atoms. The van der Waals surface area contributed by atoms with Crippen LogP contribution in [0.15, 0.2) is 42.5 Å². The highest BCUT2D eigenvalue weighted by atomic mass is 16.5. The van der Waals surface area contributed by atoms with Crippen molar-refractivity contribution >= 4 is 5.91 Å². The molecule has 136 valence electrons. The molecule has 5 rings (SSSR count). The van der Waals surface area contributed by atoms with Crippen LogP contribution in [0, 0.1) is 6.92 Å². The third-order valence-electron chi connectivity index (χ3n) is 5.79. The molecule has 2 aliphatic heterocycles. The van der Waals surface area contributed by atoms with Gasteiger partial charge in [0.2, 0.25) is 0 Å². The van der Waals surface area contributed by atoms with Crippen molar-refractivity contribution in [2.24, 2.45) is 0 Å². The molecule has 0 radical (unpaired) electrons. The summed E-state index contributed by atoms with van der Waals surface area (Å²) in [5.74, 6) is 0.803. The van der Waals surface area contributed by atoms with E-state index in [4.69, 9.17) is 4.74 Å². The number of amides is 1. The van der Waals surface area contributed by atoms with Crippen LogP contribution in [-0.4, -0.2) is 34.5 Å². The summed E-state index contributed by atoms with van der Waals surface area (Å²) in [5.41, 5.74) is 3.00. The first-order valence-electron chi connectivity index (χ1n) is 9.49. The average Bonchev–Trinajstić information content (AvgIpc) is 2.62. The molecular weight excluding hydrogens is 324 g/mol. The van der Waals surface area contributed by atoms with Crippen LogP contribution < -0.4 is 4.74 Å². The van der Waals surface area contributed by atoms with E-state index in [2.05, 4.69) is 35.3 Å². The molecule has 3 aliphatic rings. The zero-order valence-corrected chi connectivity index (χ0v) is 15.7. The number of rotatable bonds is 4. The number of piperidine rings is 2. The quantitative estimate of drug-likeness (QED) is 0.833. The van der Waals surface area contributed by atoms with Gasteiger partial charge in [0, 0.05) is 18.0 Å². The van der Waals surface area contributed by atoms with Gasteiger partial charge in [-0.3, -0.25) is 4.79 Å². The highest BCUT2D eigenvalue weighted by Gasteiger charge is 2.52. The zero-order valence-electron chi connectivity index (χ0n) is 15.7. The van der Waals surface area contributed by atoms with Gasteiger partial charge in [0.1, 0.15) is 11.4 Å². The highest BCUT2D eigenvalue weighted by molar-refractivity contribution is 5.93. The number of hydrogen-bond donors (Lipinski definition) is 0. The Balaban J connectivity index is 1.47. The lowest BCUT2D eigenvalue weighted by Gasteiger charge is -2.57. The number of nitrogens with zero attached hydrogens (tertiary/aromatic N) is 2. The van der Waals surface area contributed by atoms with Crippen molar-refractivity contribution in [3.05, 3.63) is 59.4 Å². The third kappa shape index (κ3) is 2.87. The Kier molecular flexibility index (Phi) is 4.22. The molecule has 1 amide bonds. The van der Waals surface area contributed by atoms with Crippen LogP contribution in [0.3, 0.4) is 0 Å². The summed E-state index contributed by atoms with van der Waals surface area (Å²) >= 11 is 0. The second-order valence-corrected chi connectivity index (χ2v) is 7.90. The van der Waals surface area contributed by atoms with Crippen molar-refractivity contribution in [3.63, 3.8) is 0 Å². The molecule has 3 heterocycles. The minimum atomic E-state index is 0.0514. The van der Waals surface area contributed by atoms with Crippen molar-refractivity contribution in [1.82, 2.24) is 9.88 Å². The molecule has 0 spiro atoms. The number of aryl methyl sites for hydroxylation is 1. The van der Waals surface area contributed by atoms with Crippen LogP contribution in [0.5, 0.6) is 5.75 Å². The molecule has 1 aromatic carbocycles. The van der Waals surface area contributed by atoms with E-state index in [1.165, 1.54) is 5.56 Å². The summed E-state index contributed by atoms with van der Waals surface area (Å²) in [6.07, 6.45) is 3.26. The molecule has 1 saturated carbocycles. The third-order valence-corrected chi connectivity index (χ3v) is 5.79. The van der Waals surface area contributed by atoms with E-state index >= 15 is 0 Å². The Labute approximate surface area is 155 Å². The minimum Gasteiger partial charge on any atom is -0.489 e. The summed E-state index contributed by atoms with van der Waals surface area (Å²) in [4.78, 5) is 19.5. The van der Waals surface area contributed by atoms with E-state index in [0.29, 0.717) is 11.7 Å². The fraction of sp³-hybridized carbons (Fsp3) is 0.455. The van der Waals surface area contributed by atoms with Crippen LogP contribution in [-0.2, 0) is 5.41 Å². The van der Waals surface area contributed by atoms with Crippen LogP contribution in [0.2, 0.25) is 0 Å². The van der Waals surface area contributed by atoms with E-state index in [1.807, 2.05) is 31.7 Å². The van der Waals surface area contributed by atoms with Gasteiger partial charge in [0.05, 0.1) is 11.8 Å². The first kappa shape index (κ1) is 17.1. The van der Waals surface area contributed by atoms with Crippen LogP contribution in [0.4, 0.5) is 0 Å². The van der Waals surface area contributed by atoms with E-state index in [1.54, 1.807) is 6.07 Å². The van der Waals surface area contributed by atoms with Gasteiger partial charge in [-0.2, -0.15) is 0 Å². The molecule has 1 aliphatic carbocycles. The highest BCUT2D eigenvalue weighted by Crippen LogP contribution is 2.52. The second-order valence-electron chi connectivity index (χ2n) is 7.90. The second kappa shape index (κ2) is 6.42. The number of hydrogen-bond acceptors (Lipinski definition) is 3. The Morgan fingerprint density at radius 1 is 1.19 bits per heavy atom. The van der Waals surface area contributed by atoms with Gasteiger partial charge in [-0.25, -0.2) is 4.98 Å². The smallest absolute Gasteiger partial charge is 0.272 e. The van der Waals surface area contributed by atoms with Crippen molar-refractivity contribution < 1.29 is 9.53 Å². The molecule has 4 heteroatoms. The Bertz CT molecular complexity index is 805. The van der Waals surface area contributed by atoms with Gasteiger partial charge in [-0.05, 0) is 57.7 Å². The number of benzene rings is 1. The predicted octanol–water partition coefficient (Wildman–Crippen LogP) is 4.12. The summed E-state index contributed by atoms with van der Waals surface area (Å²) in [7, 11) is 0. The summed E-state index contributed by atoms with van der Waals surface area (Å²) in [6.45, 7) is 6.68. The minimum absolute atomic E-state index is 0.0514. The van der Waals surface area contributed by atoms with Gasteiger partial charge < -0.3 is 9.64 Å². The number of carbonyl (C=O) groups is 1. The number of aromatic nitrogens is 1. The Morgan fingerprint density at radius 3 is 2.50 bits per heavy atom. The lowest BCUT2D eigenvalue weighted by molar-refractivity contribution is -0.00472. The lowest BCUT2D eigenvalue weighted by atomic mass is 9.57. The maximum absolute atomic E-state index is 13.0. The van der Waals surface area contributed by atoms with Crippen LogP contribution in [0.25, 0.3) is 0 Å². The first-order valence-corrected chi connectivity index (χ1v) is 9.49. The van der Waals surface area contributed by atoms with Crippen LogP contribution >= 0.6 is 0 Å². The molecule has 0 N–H and O–H groups in total. The van der Waals surface area contributed by atoms with Gasteiger partial charge >= 0.3 is 0 Å². The molecule has 2 aromatic rings. The molecule has 1 aromatic heterocycles. The molecular formula is C22H26N2O2. The summed E-state index contributed by atoms with van der Waals surface area (Å²) in [6, 6.07) is 14.8. The summed E-state index contributed by atoms with van der Waals surface area (Å²) in [5, 5.41) is 0. The molecule has 26 heavy (non-hydrogen) atoms. The van der Waals surface area contributed by atoms with Crippen molar-refractivity contribution in [3.8, 4) is 5.75 Å². The largest absolute Gasteiger partial charge is 0.489 e. The van der Waals surface area contributed by atoms with Gasteiger partial charge in [-0.15, -0.1) is 0 Å². The number of pyridine rings is 1.